The smallest absolute Gasteiger partial charge is 0.318 e. The normalized spacial score (nSPS) is 23.8. The molecule has 3 rings (SSSR count). The highest BCUT2D eigenvalue weighted by atomic mass is 16.2. The second-order valence-corrected chi connectivity index (χ2v) is 5.92. The average Bonchev–Trinajstić information content (AvgIpc) is 2.99. The van der Waals surface area contributed by atoms with Gasteiger partial charge in [-0.2, -0.15) is 0 Å². The summed E-state index contributed by atoms with van der Waals surface area (Å²) >= 11 is 0. The third-order valence-electron chi connectivity index (χ3n) is 4.52. The van der Waals surface area contributed by atoms with E-state index in [2.05, 4.69) is 16.4 Å². The van der Waals surface area contributed by atoms with Gasteiger partial charge in [0.1, 0.15) is 0 Å². The molecule has 2 amide bonds. The number of carbonyl (C=O) groups is 1. The topological polar surface area (TPSA) is 45.2 Å². The Labute approximate surface area is 120 Å². The summed E-state index contributed by atoms with van der Waals surface area (Å²) < 4.78 is 0. The zero-order valence-electron chi connectivity index (χ0n) is 11.9. The minimum Gasteiger partial charge on any atom is -0.335 e. The summed E-state index contributed by atoms with van der Waals surface area (Å²) in [5.74, 6) is 0. The van der Waals surface area contributed by atoms with Crippen molar-refractivity contribution in [3.8, 4) is 0 Å². The van der Waals surface area contributed by atoms with Gasteiger partial charge in [-0.05, 0) is 37.3 Å². The molecule has 1 aromatic rings. The van der Waals surface area contributed by atoms with Crippen LogP contribution in [0.5, 0.6) is 0 Å². The fourth-order valence-electron chi connectivity index (χ4n) is 3.43. The van der Waals surface area contributed by atoms with E-state index in [1.165, 1.54) is 19.3 Å². The number of urea groups is 1. The van der Waals surface area contributed by atoms with E-state index in [9.17, 15) is 4.79 Å². The Kier molecular flexibility index (Phi) is 4.19. The molecule has 1 unspecified atom stereocenters. The van der Waals surface area contributed by atoms with Gasteiger partial charge in [-0.3, -0.25) is 4.98 Å². The van der Waals surface area contributed by atoms with Gasteiger partial charge in [0.25, 0.3) is 0 Å². The molecule has 0 radical (unpaired) electrons. The Morgan fingerprint density at radius 1 is 1.20 bits per heavy atom. The zero-order chi connectivity index (χ0) is 13.8. The molecule has 1 N–H and O–H groups in total. The fraction of sp³-hybridized carbons (Fsp3) is 0.625. The third kappa shape index (κ3) is 2.94. The van der Waals surface area contributed by atoms with Crippen LogP contribution in [0.1, 0.15) is 56.6 Å². The number of hydrogen-bond donors (Lipinski definition) is 1. The van der Waals surface area contributed by atoms with E-state index in [-0.39, 0.29) is 12.1 Å². The highest BCUT2D eigenvalue weighted by Gasteiger charge is 2.31. The molecule has 2 aliphatic rings. The molecule has 1 atom stereocenters. The lowest BCUT2D eigenvalue weighted by Crippen LogP contribution is -2.45. The van der Waals surface area contributed by atoms with Gasteiger partial charge in [0.05, 0.1) is 6.04 Å². The maximum Gasteiger partial charge on any atom is 0.318 e. The monoisotopic (exact) mass is 273 g/mol. The van der Waals surface area contributed by atoms with Crippen LogP contribution in [-0.4, -0.2) is 28.5 Å². The van der Waals surface area contributed by atoms with Gasteiger partial charge in [0.15, 0.2) is 0 Å². The van der Waals surface area contributed by atoms with Gasteiger partial charge in [-0.25, -0.2) is 4.79 Å². The lowest BCUT2D eigenvalue weighted by atomic mass is 9.96. The first-order valence-electron chi connectivity index (χ1n) is 7.81. The molecule has 0 bridgehead atoms. The standard InChI is InChI=1S/C16H23N3O/c20-16(18-14-7-2-1-3-8-14)19-11-5-9-15(19)13-6-4-10-17-12-13/h4,6,10,12,14-15H,1-3,5,7-9,11H2,(H,18,20). The molecule has 1 aromatic heterocycles. The highest BCUT2D eigenvalue weighted by molar-refractivity contribution is 5.75. The van der Waals surface area contributed by atoms with Crippen LogP contribution in [0.25, 0.3) is 0 Å². The quantitative estimate of drug-likeness (QED) is 0.899. The van der Waals surface area contributed by atoms with E-state index in [0.29, 0.717) is 6.04 Å². The van der Waals surface area contributed by atoms with Crippen molar-refractivity contribution in [2.24, 2.45) is 0 Å². The minimum atomic E-state index is 0.114. The van der Waals surface area contributed by atoms with Crippen molar-refractivity contribution in [1.29, 1.82) is 0 Å². The van der Waals surface area contributed by atoms with Crippen LogP contribution < -0.4 is 5.32 Å². The maximum atomic E-state index is 12.5. The molecular formula is C16H23N3O. The molecule has 108 valence electrons. The molecule has 4 heteroatoms. The number of carbonyl (C=O) groups excluding carboxylic acids is 1. The van der Waals surface area contributed by atoms with E-state index in [1.54, 1.807) is 6.20 Å². The molecule has 2 fully saturated rings. The van der Waals surface area contributed by atoms with Crippen molar-refractivity contribution in [3.05, 3.63) is 30.1 Å². The van der Waals surface area contributed by atoms with Crippen LogP contribution in [0.4, 0.5) is 4.79 Å². The number of pyridine rings is 1. The summed E-state index contributed by atoms with van der Waals surface area (Å²) in [6, 6.07) is 4.72. The second kappa shape index (κ2) is 6.25. The van der Waals surface area contributed by atoms with Crippen molar-refractivity contribution in [2.75, 3.05) is 6.54 Å². The molecule has 1 aliphatic heterocycles. The van der Waals surface area contributed by atoms with Gasteiger partial charge in [-0.15, -0.1) is 0 Å². The molecule has 4 nitrogen and oxygen atoms in total. The number of aromatic nitrogens is 1. The Morgan fingerprint density at radius 2 is 2.05 bits per heavy atom. The first kappa shape index (κ1) is 13.4. The number of hydrogen-bond acceptors (Lipinski definition) is 2. The lowest BCUT2D eigenvalue weighted by molar-refractivity contribution is 0.185. The zero-order valence-corrected chi connectivity index (χ0v) is 11.9. The summed E-state index contributed by atoms with van der Waals surface area (Å²) in [7, 11) is 0. The summed E-state index contributed by atoms with van der Waals surface area (Å²) in [6.07, 6.45) is 11.9. The van der Waals surface area contributed by atoms with Crippen LogP contribution in [-0.2, 0) is 0 Å². The first-order valence-corrected chi connectivity index (χ1v) is 7.81. The SMILES string of the molecule is O=C(NC1CCCCC1)N1CCCC1c1cccnc1. The molecule has 20 heavy (non-hydrogen) atoms. The summed E-state index contributed by atoms with van der Waals surface area (Å²) in [4.78, 5) is 18.7. The van der Waals surface area contributed by atoms with E-state index in [1.807, 2.05) is 17.2 Å². The first-order chi connectivity index (χ1) is 9.84. The summed E-state index contributed by atoms with van der Waals surface area (Å²) in [5, 5.41) is 3.23. The Bertz CT molecular complexity index is 442. The van der Waals surface area contributed by atoms with E-state index >= 15 is 0 Å². The van der Waals surface area contributed by atoms with Crippen molar-refractivity contribution < 1.29 is 4.79 Å². The lowest BCUT2D eigenvalue weighted by Gasteiger charge is -2.29. The Hall–Kier alpha value is -1.58. The Balaban J connectivity index is 1.64. The largest absolute Gasteiger partial charge is 0.335 e. The number of rotatable bonds is 2. The summed E-state index contributed by atoms with van der Waals surface area (Å²) in [5.41, 5.74) is 1.16. The molecular weight excluding hydrogens is 250 g/mol. The number of likely N-dealkylation sites (tertiary alicyclic amines) is 1. The van der Waals surface area contributed by atoms with Crippen LogP contribution in [0.2, 0.25) is 0 Å². The van der Waals surface area contributed by atoms with E-state index < -0.39 is 0 Å². The molecule has 0 aromatic carbocycles. The van der Waals surface area contributed by atoms with Gasteiger partial charge in [0.2, 0.25) is 0 Å². The predicted molar refractivity (Wildman–Crippen MR) is 78.3 cm³/mol. The molecule has 1 aliphatic carbocycles. The van der Waals surface area contributed by atoms with Crippen molar-refractivity contribution in [3.63, 3.8) is 0 Å². The van der Waals surface area contributed by atoms with Gasteiger partial charge in [0, 0.05) is 25.0 Å². The Morgan fingerprint density at radius 3 is 2.80 bits per heavy atom. The van der Waals surface area contributed by atoms with Crippen LogP contribution in [0, 0.1) is 0 Å². The molecule has 2 heterocycles. The highest BCUT2D eigenvalue weighted by Crippen LogP contribution is 2.31. The van der Waals surface area contributed by atoms with Gasteiger partial charge >= 0.3 is 6.03 Å². The van der Waals surface area contributed by atoms with Crippen molar-refractivity contribution in [1.82, 2.24) is 15.2 Å². The van der Waals surface area contributed by atoms with E-state index in [4.69, 9.17) is 0 Å². The van der Waals surface area contributed by atoms with Crippen molar-refractivity contribution >= 4 is 6.03 Å². The van der Waals surface area contributed by atoms with Gasteiger partial charge < -0.3 is 10.2 Å². The third-order valence-corrected chi connectivity index (χ3v) is 4.52. The van der Waals surface area contributed by atoms with Gasteiger partial charge in [-0.1, -0.05) is 25.3 Å². The van der Waals surface area contributed by atoms with Crippen LogP contribution in [0.15, 0.2) is 24.5 Å². The molecule has 1 saturated carbocycles. The second-order valence-electron chi connectivity index (χ2n) is 5.92. The average molecular weight is 273 g/mol. The summed E-state index contributed by atoms with van der Waals surface area (Å²) in [6.45, 7) is 0.859. The van der Waals surface area contributed by atoms with Crippen molar-refractivity contribution in [2.45, 2.75) is 57.0 Å². The predicted octanol–water partition coefficient (Wildman–Crippen LogP) is 3.26. The number of nitrogens with one attached hydrogen (secondary N) is 1. The van der Waals surface area contributed by atoms with Crippen LogP contribution >= 0.6 is 0 Å². The maximum absolute atomic E-state index is 12.5. The van der Waals surface area contributed by atoms with Crippen LogP contribution in [0.3, 0.4) is 0 Å². The number of amides is 2. The number of nitrogens with zero attached hydrogens (tertiary/aromatic N) is 2. The fourth-order valence-corrected chi connectivity index (χ4v) is 3.43. The minimum absolute atomic E-state index is 0.114. The van der Waals surface area contributed by atoms with E-state index in [0.717, 1.165) is 37.8 Å². The molecule has 0 spiro atoms. The molecule has 1 saturated heterocycles.